The van der Waals surface area contributed by atoms with Crippen LogP contribution >= 0.6 is 0 Å². The van der Waals surface area contributed by atoms with Crippen molar-refractivity contribution >= 4 is 0 Å². The Morgan fingerprint density at radius 1 is 1.16 bits per heavy atom. The SMILES string of the molecule is O=c1[nH]c(-c2ccc(OCC3CCN(Cc4ccccc4C(F)(F)F)CC3)cn2)no1. The number of ether oxygens (including phenoxy) is 1. The van der Waals surface area contributed by atoms with Crippen LogP contribution < -0.4 is 10.5 Å². The van der Waals surface area contributed by atoms with E-state index in [-0.39, 0.29) is 5.82 Å². The van der Waals surface area contributed by atoms with Gasteiger partial charge in [-0.15, -0.1) is 0 Å². The Balaban J connectivity index is 1.26. The van der Waals surface area contributed by atoms with E-state index in [1.165, 1.54) is 6.07 Å². The predicted molar refractivity (Wildman–Crippen MR) is 105 cm³/mol. The van der Waals surface area contributed by atoms with E-state index in [4.69, 9.17) is 4.74 Å². The number of hydrogen-bond acceptors (Lipinski definition) is 6. The molecule has 0 amide bonds. The smallest absolute Gasteiger partial charge is 0.439 e. The molecule has 1 aliphatic rings. The molecule has 3 aromatic rings. The molecule has 0 atom stereocenters. The monoisotopic (exact) mass is 434 g/mol. The Morgan fingerprint density at radius 2 is 1.94 bits per heavy atom. The maximum Gasteiger partial charge on any atom is 0.439 e. The average molecular weight is 434 g/mol. The summed E-state index contributed by atoms with van der Waals surface area (Å²) < 4.78 is 49.8. The third kappa shape index (κ3) is 5.32. The zero-order valence-corrected chi connectivity index (χ0v) is 16.6. The summed E-state index contributed by atoms with van der Waals surface area (Å²) in [4.78, 5) is 19.7. The zero-order chi connectivity index (χ0) is 21.8. The quantitative estimate of drug-likeness (QED) is 0.637. The van der Waals surface area contributed by atoms with Gasteiger partial charge in [0.2, 0.25) is 5.82 Å². The number of alkyl halides is 3. The Kier molecular flexibility index (Phi) is 6.08. The lowest BCUT2D eigenvalue weighted by Crippen LogP contribution is -2.35. The van der Waals surface area contributed by atoms with Crippen LogP contribution in [0.2, 0.25) is 0 Å². The maximum absolute atomic E-state index is 13.2. The fourth-order valence-corrected chi connectivity index (χ4v) is 3.65. The van der Waals surface area contributed by atoms with Crippen molar-refractivity contribution in [3.8, 4) is 17.3 Å². The lowest BCUT2D eigenvalue weighted by atomic mass is 9.97. The van der Waals surface area contributed by atoms with E-state index in [0.717, 1.165) is 32.0 Å². The van der Waals surface area contributed by atoms with E-state index in [1.807, 2.05) is 0 Å². The molecular formula is C21H21F3N4O3. The van der Waals surface area contributed by atoms with Crippen molar-refractivity contribution in [3.63, 3.8) is 0 Å². The molecule has 1 saturated heterocycles. The molecule has 0 radical (unpaired) electrons. The second-order valence-corrected chi connectivity index (χ2v) is 7.51. The first-order valence-corrected chi connectivity index (χ1v) is 9.91. The highest BCUT2D eigenvalue weighted by Crippen LogP contribution is 2.33. The van der Waals surface area contributed by atoms with E-state index >= 15 is 0 Å². The summed E-state index contributed by atoms with van der Waals surface area (Å²) in [6, 6.07) is 9.15. The normalized spacial score (nSPS) is 15.8. The highest BCUT2D eigenvalue weighted by atomic mass is 19.4. The van der Waals surface area contributed by atoms with Crippen LogP contribution in [-0.4, -0.2) is 39.7 Å². The van der Waals surface area contributed by atoms with E-state index in [9.17, 15) is 18.0 Å². The van der Waals surface area contributed by atoms with Crippen LogP contribution in [0.25, 0.3) is 11.5 Å². The molecule has 2 aromatic heterocycles. The Bertz CT molecular complexity index is 1050. The summed E-state index contributed by atoms with van der Waals surface area (Å²) in [5.41, 5.74) is 0.209. The topological polar surface area (TPSA) is 84.3 Å². The van der Waals surface area contributed by atoms with Crippen molar-refractivity contribution in [2.24, 2.45) is 5.92 Å². The Morgan fingerprint density at radius 3 is 2.58 bits per heavy atom. The van der Waals surface area contributed by atoms with Gasteiger partial charge in [0.05, 0.1) is 18.4 Å². The van der Waals surface area contributed by atoms with Crippen molar-refractivity contribution in [2.75, 3.05) is 19.7 Å². The van der Waals surface area contributed by atoms with Gasteiger partial charge in [0.25, 0.3) is 0 Å². The fraction of sp³-hybridized carbons (Fsp3) is 0.381. The van der Waals surface area contributed by atoms with Crippen LogP contribution in [0.3, 0.4) is 0 Å². The first-order valence-electron chi connectivity index (χ1n) is 9.91. The van der Waals surface area contributed by atoms with E-state index in [1.54, 1.807) is 30.5 Å². The molecule has 0 saturated carbocycles. The number of benzene rings is 1. The first-order chi connectivity index (χ1) is 14.9. The minimum atomic E-state index is -4.34. The van der Waals surface area contributed by atoms with Crippen molar-refractivity contribution in [3.05, 3.63) is 64.3 Å². The summed E-state index contributed by atoms with van der Waals surface area (Å²) in [5, 5.41) is 3.58. The van der Waals surface area contributed by atoms with Gasteiger partial charge in [-0.1, -0.05) is 23.4 Å². The van der Waals surface area contributed by atoms with Crippen molar-refractivity contribution in [2.45, 2.75) is 25.6 Å². The average Bonchev–Trinajstić information content (AvgIpc) is 3.19. The molecule has 1 aromatic carbocycles. The molecule has 0 bridgehead atoms. The number of aromatic amines is 1. The lowest BCUT2D eigenvalue weighted by molar-refractivity contribution is -0.138. The van der Waals surface area contributed by atoms with Crippen molar-refractivity contribution in [1.29, 1.82) is 0 Å². The number of likely N-dealkylation sites (tertiary alicyclic amines) is 1. The van der Waals surface area contributed by atoms with Crippen molar-refractivity contribution in [1.82, 2.24) is 20.0 Å². The molecule has 1 N–H and O–H groups in total. The van der Waals surface area contributed by atoms with Crippen molar-refractivity contribution < 1.29 is 22.4 Å². The van der Waals surface area contributed by atoms with Crippen LogP contribution in [-0.2, 0) is 12.7 Å². The highest BCUT2D eigenvalue weighted by Gasteiger charge is 2.33. The maximum atomic E-state index is 13.2. The number of aromatic nitrogens is 3. The van der Waals surface area contributed by atoms with Gasteiger partial charge in [0.1, 0.15) is 11.4 Å². The highest BCUT2D eigenvalue weighted by molar-refractivity contribution is 5.48. The van der Waals surface area contributed by atoms with Gasteiger partial charge in [-0.2, -0.15) is 13.2 Å². The molecule has 0 unspecified atom stereocenters. The van der Waals surface area contributed by atoms with Gasteiger partial charge in [0.15, 0.2) is 0 Å². The number of halogens is 3. The molecule has 3 heterocycles. The Hall–Kier alpha value is -3.14. The number of rotatable bonds is 6. The molecule has 4 rings (SSSR count). The number of nitrogens with one attached hydrogen (secondary N) is 1. The summed E-state index contributed by atoms with van der Waals surface area (Å²) >= 11 is 0. The van der Waals surface area contributed by atoms with Crippen LogP contribution in [0, 0.1) is 5.92 Å². The predicted octanol–water partition coefficient (Wildman–Crippen LogP) is 3.73. The second-order valence-electron chi connectivity index (χ2n) is 7.51. The Labute approximate surface area is 175 Å². The summed E-state index contributed by atoms with van der Waals surface area (Å²) in [5.74, 6) is 0.512. The molecule has 0 aliphatic carbocycles. The van der Waals surface area contributed by atoms with Gasteiger partial charge in [-0.25, -0.2) is 9.78 Å². The molecular weight excluding hydrogens is 413 g/mol. The largest absolute Gasteiger partial charge is 0.492 e. The van der Waals surface area contributed by atoms with Crippen LogP contribution in [0.1, 0.15) is 24.0 Å². The number of nitrogens with zero attached hydrogens (tertiary/aromatic N) is 3. The minimum Gasteiger partial charge on any atom is -0.492 e. The van der Waals surface area contributed by atoms with Gasteiger partial charge < -0.3 is 4.74 Å². The van der Waals surface area contributed by atoms with Crippen LogP contribution in [0.15, 0.2) is 51.9 Å². The second kappa shape index (κ2) is 8.93. The molecule has 164 valence electrons. The fourth-order valence-electron chi connectivity index (χ4n) is 3.65. The number of hydrogen-bond donors (Lipinski definition) is 1. The third-order valence-electron chi connectivity index (χ3n) is 5.33. The molecule has 31 heavy (non-hydrogen) atoms. The summed E-state index contributed by atoms with van der Waals surface area (Å²) in [6.07, 6.45) is -1.10. The van der Waals surface area contributed by atoms with Gasteiger partial charge in [0, 0.05) is 6.54 Å². The lowest BCUT2D eigenvalue weighted by Gasteiger charge is -2.32. The summed E-state index contributed by atoms with van der Waals surface area (Å²) in [6.45, 7) is 2.24. The van der Waals surface area contributed by atoms with E-state index in [2.05, 4.69) is 24.5 Å². The van der Waals surface area contributed by atoms with Gasteiger partial charge in [-0.05, 0) is 55.6 Å². The van der Waals surface area contributed by atoms with E-state index < -0.39 is 17.5 Å². The standard InChI is InChI=1S/C21H21F3N4O3/c22-21(23,24)17-4-2-1-3-15(17)12-28-9-7-14(8-10-28)13-30-16-5-6-18(25-11-16)19-26-20(29)31-27-19/h1-6,11,14H,7-10,12-13H2,(H,26,27,29). The number of piperidine rings is 1. The first kappa shape index (κ1) is 21.1. The molecule has 10 heteroatoms. The zero-order valence-electron chi connectivity index (χ0n) is 16.6. The number of pyridine rings is 1. The van der Waals surface area contributed by atoms with E-state index in [0.29, 0.717) is 36.1 Å². The molecule has 1 fully saturated rings. The van der Waals surface area contributed by atoms with Gasteiger partial charge >= 0.3 is 11.9 Å². The third-order valence-corrected chi connectivity index (χ3v) is 5.33. The van der Waals surface area contributed by atoms with Crippen LogP contribution in [0.4, 0.5) is 13.2 Å². The van der Waals surface area contributed by atoms with Gasteiger partial charge in [-0.3, -0.25) is 14.4 Å². The minimum absolute atomic E-state index is 0.246. The van der Waals surface area contributed by atoms with Crippen LogP contribution in [0.5, 0.6) is 5.75 Å². The summed E-state index contributed by atoms with van der Waals surface area (Å²) in [7, 11) is 0. The number of H-pyrrole nitrogens is 1. The molecule has 7 nitrogen and oxygen atoms in total. The molecule has 0 spiro atoms. The molecule has 1 aliphatic heterocycles.